The van der Waals surface area contributed by atoms with Crippen LogP contribution in [0.4, 0.5) is 0 Å². The summed E-state index contributed by atoms with van der Waals surface area (Å²) in [4.78, 5) is 16.4. The molecular weight excluding hydrogens is 244 g/mol. The van der Waals surface area contributed by atoms with Gasteiger partial charge in [-0.15, -0.1) is 0 Å². The first-order valence-electron chi connectivity index (χ1n) is 7.36. The smallest absolute Gasteiger partial charge is 0.236 e. The first-order valence-corrected chi connectivity index (χ1v) is 7.36. The summed E-state index contributed by atoms with van der Waals surface area (Å²) in [6.07, 6.45) is 1.82. The van der Waals surface area contributed by atoms with E-state index in [0.29, 0.717) is 19.7 Å². The van der Waals surface area contributed by atoms with E-state index in [-0.39, 0.29) is 24.7 Å². The van der Waals surface area contributed by atoms with E-state index < -0.39 is 0 Å². The second-order valence-electron chi connectivity index (χ2n) is 5.30. The third kappa shape index (κ3) is 5.09. The molecule has 0 aromatic heterocycles. The van der Waals surface area contributed by atoms with Crippen molar-refractivity contribution in [2.45, 2.75) is 45.8 Å². The number of aliphatic hydroxyl groups is 1. The minimum Gasteiger partial charge on any atom is -0.394 e. The van der Waals surface area contributed by atoms with Crippen LogP contribution in [0.2, 0.25) is 0 Å². The summed E-state index contributed by atoms with van der Waals surface area (Å²) in [5.41, 5.74) is 0. The molecule has 0 spiro atoms. The van der Waals surface area contributed by atoms with E-state index in [9.17, 15) is 4.79 Å². The van der Waals surface area contributed by atoms with E-state index in [1.807, 2.05) is 4.90 Å². The van der Waals surface area contributed by atoms with Gasteiger partial charge in [0.15, 0.2) is 0 Å². The summed E-state index contributed by atoms with van der Waals surface area (Å²) >= 11 is 0. The van der Waals surface area contributed by atoms with Crippen molar-refractivity contribution in [2.24, 2.45) is 0 Å². The van der Waals surface area contributed by atoms with Crippen molar-refractivity contribution in [1.29, 1.82) is 0 Å². The van der Waals surface area contributed by atoms with Gasteiger partial charge in [-0.3, -0.25) is 9.69 Å². The number of hydrogen-bond donors (Lipinski definition) is 1. The monoisotopic (exact) mass is 272 g/mol. The van der Waals surface area contributed by atoms with Crippen LogP contribution in [0.3, 0.4) is 0 Å². The molecule has 0 aromatic rings. The highest BCUT2D eigenvalue weighted by atomic mass is 16.5. The van der Waals surface area contributed by atoms with Crippen molar-refractivity contribution >= 4 is 5.91 Å². The fraction of sp³-hybridized carbons (Fsp3) is 0.929. The fourth-order valence-corrected chi connectivity index (χ4v) is 2.38. The zero-order valence-corrected chi connectivity index (χ0v) is 12.5. The van der Waals surface area contributed by atoms with Crippen LogP contribution in [-0.2, 0) is 9.53 Å². The van der Waals surface area contributed by atoms with Gasteiger partial charge in [0.2, 0.25) is 5.91 Å². The van der Waals surface area contributed by atoms with Gasteiger partial charge in [-0.1, -0.05) is 13.8 Å². The van der Waals surface area contributed by atoms with Gasteiger partial charge in [-0.25, -0.2) is 0 Å². The number of carbonyl (C=O) groups excluding carboxylic acids is 1. The van der Waals surface area contributed by atoms with Crippen LogP contribution in [0.1, 0.15) is 33.6 Å². The maximum Gasteiger partial charge on any atom is 0.236 e. The topological polar surface area (TPSA) is 53.0 Å². The Labute approximate surface area is 116 Å². The molecule has 5 nitrogen and oxygen atoms in total. The second-order valence-corrected chi connectivity index (χ2v) is 5.30. The molecule has 1 fully saturated rings. The van der Waals surface area contributed by atoms with Crippen LogP contribution < -0.4 is 0 Å². The summed E-state index contributed by atoms with van der Waals surface area (Å²) in [7, 11) is 0. The lowest BCUT2D eigenvalue weighted by atomic mass is 10.2. The Morgan fingerprint density at radius 2 is 2.00 bits per heavy atom. The van der Waals surface area contributed by atoms with Crippen molar-refractivity contribution in [1.82, 2.24) is 9.80 Å². The van der Waals surface area contributed by atoms with Crippen LogP contribution in [0.15, 0.2) is 0 Å². The zero-order chi connectivity index (χ0) is 14.3. The fourth-order valence-electron chi connectivity index (χ4n) is 2.38. The molecule has 0 aliphatic carbocycles. The highest BCUT2D eigenvalue weighted by Gasteiger charge is 2.28. The molecule has 1 saturated heterocycles. The maximum absolute atomic E-state index is 12.3. The maximum atomic E-state index is 12.3. The largest absolute Gasteiger partial charge is 0.394 e. The van der Waals surface area contributed by atoms with Gasteiger partial charge >= 0.3 is 0 Å². The molecule has 1 N–H and O–H groups in total. The van der Waals surface area contributed by atoms with Crippen molar-refractivity contribution in [3.05, 3.63) is 0 Å². The Balaban J connectivity index is 2.52. The highest BCUT2D eigenvalue weighted by molar-refractivity contribution is 5.78. The normalized spacial score (nSPS) is 24.4. The Kier molecular flexibility index (Phi) is 7.34. The Morgan fingerprint density at radius 1 is 1.37 bits per heavy atom. The zero-order valence-electron chi connectivity index (χ0n) is 12.5. The van der Waals surface area contributed by atoms with E-state index in [4.69, 9.17) is 9.84 Å². The number of rotatable bonds is 7. The van der Waals surface area contributed by atoms with Crippen molar-refractivity contribution in [2.75, 3.05) is 39.4 Å². The lowest BCUT2D eigenvalue weighted by molar-refractivity contribution is -0.137. The van der Waals surface area contributed by atoms with Crippen LogP contribution in [0, 0.1) is 0 Å². The average Bonchev–Trinajstić information content (AvgIpc) is 2.41. The average molecular weight is 272 g/mol. The van der Waals surface area contributed by atoms with Crippen LogP contribution in [0.5, 0.6) is 0 Å². The number of morpholine rings is 1. The van der Waals surface area contributed by atoms with Gasteiger partial charge in [-0.05, 0) is 19.8 Å². The van der Waals surface area contributed by atoms with Crippen LogP contribution >= 0.6 is 0 Å². The molecule has 1 heterocycles. The minimum atomic E-state index is -0.158. The Hall–Kier alpha value is -0.650. The van der Waals surface area contributed by atoms with Gasteiger partial charge in [0.1, 0.15) is 0 Å². The first kappa shape index (κ1) is 16.4. The Morgan fingerprint density at radius 3 is 2.53 bits per heavy atom. The van der Waals surface area contributed by atoms with Gasteiger partial charge in [-0.2, -0.15) is 0 Å². The van der Waals surface area contributed by atoms with Crippen molar-refractivity contribution in [3.8, 4) is 0 Å². The summed E-state index contributed by atoms with van der Waals surface area (Å²) < 4.78 is 5.49. The van der Waals surface area contributed by atoms with Gasteiger partial charge in [0, 0.05) is 25.7 Å². The number of nitrogens with zero attached hydrogens (tertiary/aromatic N) is 2. The van der Waals surface area contributed by atoms with E-state index >= 15 is 0 Å². The Bertz CT molecular complexity index is 267. The standard InChI is InChI=1S/C14H28N2O3/c1-4-6-15(7-5-2)14(18)9-16-8-13(10-17)19-11-12(16)3/h12-13,17H,4-11H2,1-3H3. The SMILES string of the molecule is CCCN(CCC)C(=O)CN1CC(CO)OCC1C. The summed E-state index contributed by atoms with van der Waals surface area (Å²) in [5, 5.41) is 9.16. The molecular formula is C14H28N2O3. The van der Waals surface area contributed by atoms with Crippen molar-refractivity contribution < 1.29 is 14.6 Å². The molecule has 0 bridgehead atoms. The van der Waals surface area contributed by atoms with E-state index in [0.717, 1.165) is 25.9 Å². The molecule has 0 aromatic carbocycles. The van der Waals surface area contributed by atoms with E-state index in [2.05, 4.69) is 25.7 Å². The first-order chi connectivity index (χ1) is 9.12. The summed E-state index contributed by atoms with van der Waals surface area (Å²) in [6, 6.07) is 0.233. The predicted octanol–water partition coefficient (Wildman–Crippen LogP) is 0.717. The molecule has 1 amide bonds. The van der Waals surface area contributed by atoms with Crippen LogP contribution in [-0.4, -0.2) is 72.4 Å². The number of aliphatic hydroxyl groups excluding tert-OH is 1. The molecule has 0 radical (unpaired) electrons. The van der Waals surface area contributed by atoms with E-state index in [1.54, 1.807) is 0 Å². The molecule has 2 atom stereocenters. The lowest BCUT2D eigenvalue weighted by Crippen LogP contribution is -2.53. The number of hydrogen-bond acceptors (Lipinski definition) is 4. The summed E-state index contributed by atoms with van der Waals surface area (Å²) in [6.45, 7) is 9.57. The number of carbonyl (C=O) groups is 1. The third-order valence-corrected chi connectivity index (χ3v) is 3.52. The number of amides is 1. The molecule has 112 valence electrons. The molecule has 5 heteroatoms. The molecule has 19 heavy (non-hydrogen) atoms. The van der Waals surface area contributed by atoms with Crippen molar-refractivity contribution in [3.63, 3.8) is 0 Å². The summed E-state index contributed by atoms with van der Waals surface area (Å²) in [5.74, 6) is 0.189. The number of ether oxygens (including phenoxy) is 1. The molecule has 2 unspecified atom stereocenters. The van der Waals surface area contributed by atoms with Gasteiger partial charge < -0.3 is 14.7 Å². The lowest BCUT2D eigenvalue weighted by Gasteiger charge is -2.38. The highest BCUT2D eigenvalue weighted by Crippen LogP contribution is 2.12. The molecule has 1 aliphatic rings. The third-order valence-electron chi connectivity index (χ3n) is 3.52. The predicted molar refractivity (Wildman–Crippen MR) is 75.0 cm³/mol. The molecule has 0 saturated carbocycles. The van der Waals surface area contributed by atoms with Gasteiger partial charge in [0.05, 0.1) is 25.9 Å². The second kappa shape index (κ2) is 8.51. The minimum absolute atomic E-state index is 0.0189. The molecule has 1 aliphatic heterocycles. The quantitative estimate of drug-likeness (QED) is 0.742. The van der Waals surface area contributed by atoms with E-state index in [1.165, 1.54) is 0 Å². The van der Waals surface area contributed by atoms with Crippen LogP contribution in [0.25, 0.3) is 0 Å². The van der Waals surface area contributed by atoms with Gasteiger partial charge in [0.25, 0.3) is 0 Å². The molecule has 1 rings (SSSR count).